The van der Waals surface area contributed by atoms with E-state index in [1.807, 2.05) is 33.8 Å². The third kappa shape index (κ3) is 6.85. The zero-order valence-corrected chi connectivity index (χ0v) is 14.7. The average molecular weight is 320 g/mol. The Hall–Kier alpha value is -1.84. The van der Waals surface area contributed by atoms with Crippen LogP contribution in [0.1, 0.15) is 51.4 Å². The van der Waals surface area contributed by atoms with Crippen LogP contribution in [0.2, 0.25) is 0 Å². The molecule has 0 amide bonds. The Morgan fingerprint density at radius 3 is 2.09 bits per heavy atom. The lowest BCUT2D eigenvalue weighted by molar-refractivity contribution is -0.154. The highest BCUT2D eigenvalue weighted by atomic mass is 16.6. The standard InChI is InChI=1S/C19H28O4/c1-13(2)11-17(19(21)22-12-14(3)4)15(5)23-18(20)16-9-7-6-8-10-16/h6-10,13-15,17H,11-12H2,1-5H3. The van der Waals surface area contributed by atoms with Crippen molar-refractivity contribution in [2.24, 2.45) is 17.8 Å². The molecule has 2 atom stereocenters. The molecule has 0 fully saturated rings. The van der Waals surface area contributed by atoms with Crippen molar-refractivity contribution in [3.05, 3.63) is 35.9 Å². The van der Waals surface area contributed by atoms with Crippen molar-refractivity contribution in [2.45, 2.75) is 47.1 Å². The van der Waals surface area contributed by atoms with Crippen LogP contribution < -0.4 is 0 Å². The van der Waals surface area contributed by atoms with Crippen LogP contribution in [0.3, 0.4) is 0 Å². The van der Waals surface area contributed by atoms with Crippen molar-refractivity contribution >= 4 is 11.9 Å². The Morgan fingerprint density at radius 1 is 0.957 bits per heavy atom. The molecule has 23 heavy (non-hydrogen) atoms. The molecule has 0 aromatic heterocycles. The van der Waals surface area contributed by atoms with Gasteiger partial charge in [0.1, 0.15) is 6.10 Å². The van der Waals surface area contributed by atoms with Crippen LogP contribution in [0, 0.1) is 17.8 Å². The first-order valence-corrected chi connectivity index (χ1v) is 8.24. The van der Waals surface area contributed by atoms with E-state index in [1.54, 1.807) is 31.2 Å². The van der Waals surface area contributed by atoms with Crippen molar-refractivity contribution in [1.29, 1.82) is 0 Å². The van der Waals surface area contributed by atoms with E-state index in [0.29, 0.717) is 24.5 Å². The van der Waals surface area contributed by atoms with Crippen LogP contribution in [0.5, 0.6) is 0 Å². The molecule has 4 nitrogen and oxygen atoms in total. The van der Waals surface area contributed by atoms with Gasteiger partial charge in [0.25, 0.3) is 0 Å². The second kappa shape index (κ2) is 9.33. The zero-order valence-electron chi connectivity index (χ0n) is 14.7. The van der Waals surface area contributed by atoms with Gasteiger partial charge in [-0.25, -0.2) is 4.79 Å². The lowest BCUT2D eigenvalue weighted by Gasteiger charge is -2.24. The lowest BCUT2D eigenvalue weighted by atomic mass is 9.92. The molecule has 0 N–H and O–H groups in total. The average Bonchev–Trinajstić information content (AvgIpc) is 2.50. The summed E-state index contributed by atoms with van der Waals surface area (Å²) in [5.41, 5.74) is 0.484. The quantitative estimate of drug-likeness (QED) is 0.677. The monoisotopic (exact) mass is 320 g/mol. The minimum atomic E-state index is -0.523. The number of hydrogen-bond acceptors (Lipinski definition) is 4. The Bertz CT molecular complexity index is 493. The van der Waals surface area contributed by atoms with Crippen LogP contribution in [-0.4, -0.2) is 24.6 Å². The summed E-state index contributed by atoms with van der Waals surface area (Å²) < 4.78 is 10.8. The maximum absolute atomic E-state index is 12.3. The predicted octanol–water partition coefficient (Wildman–Crippen LogP) is 4.09. The van der Waals surface area contributed by atoms with Crippen molar-refractivity contribution < 1.29 is 19.1 Å². The van der Waals surface area contributed by atoms with E-state index in [2.05, 4.69) is 0 Å². The Kier molecular flexibility index (Phi) is 7.79. The fourth-order valence-electron chi connectivity index (χ4n) is 2.24. The van der Waals surface area contributed by atoms with Crippen molar-refractivity contribution in [3.8, 4) is 0 Å². The third-order valence-electron chi connectivity index (χ3n) is 3.46. The molecule has 4 heteroatoms. The molecule has 1 aromatic rings. The molecular weight excluding hydrogens is 292 g/mol. The van der Waals surface area contributed by atoms with Crippen molar-refractivity contribution in [1.82, 2.24) is 0 Å². The van der Waals surface area contributed by atoms with Crippen LogP contribution in [-0.2, 0) is 14.3 Å². The molecule has 1 aromatic carbocycles. The molecule has 1 rings (SSSR count). The number of ether oxygens (including phenoxy) is 2. The van der Waals surface area contributed by atoms with E-state index in [1.165, 1.54) is 0 Å². The normalized spacial score (nSPS) is 13.7. The highest BCUT2D eigenvalue weighted by molar-refractivity contribution is 5.89. The summed E-state index contributed by atoms with van der Waals surface area (Å²) >= 11 is 0. The molecule has 0 bridgehead atoms. The van der Waals surface area contributed by atoms with E-state index >= 15 is 0 Å². The number of benzene rings is 1. The fraction of sp³-hybridized carbons (Fsp3) is 0.579. The van der Waals surface area contributed by atoms with Gasteiger partial charge in [0, 0.05) is 0 Å². The lowest BCUT2D eigenvalue weighted by Crippen LogP contribution is -2.33. The molecule has 0 radical (unpaired) electrons. The predicted molar refractivity (Wildman–Crippen MR) is 90.1 cm³/mol. The first kappa shape index (κ1) is 19.2. The van der Waals surface area contributed by atoms with Gasteiger partial charge in [-0.05, 0) is 37.3 Å². The van der Waals surface area contributed by atoms with Crippen LogP contribution in [0.25, 0.3) is 0 Å². The van der Waals surface area contributed by atoms with E-state index in [4.69, 9.17) is 9.47 Å². The first-order chi connectivity index (χ1) is 10.8. The molecule has 0 aliphatic carbocycles. The van der Waals surface area contributed by atoms with Crippen LogP contribution in [0.15, 0.2) is 30.3 Å². The zero-order chi connectivity index (χ0) is 17.4. The summed E-state index contributed by atoms with van der Waals surface area (Å²) in [6.45, 7) is 10.2. The second-order valence-corrected chi connectivity index (χ2v) is 6.74. The molecule has 2 unspecified atom stereocenters. The second-order valence-electron chi connectivity index (χ2n) is 6.74. The molecule has 0 spiro atoms. The SMILES string of the molecule is CC(C)COC(=O)C(CC(C)C)C(C)OC(=O)c1ccccc1. The smallest absolute Gasteiger partial charge is 0.338 e. The van der Waals surface area contributed by atoms with Gasteiger partial charge in [-0.1, -0.05) is 45.9 Å². The first-order valence-electron chi connectivity index (χ1n) is 8.24. The number of esters is 2. The molecule has 128 valence electrons. The Morgan fingerprint density at radius 2 is 1.57 bits per heavy atom. The molecule has 0 heterocycles. The van der Waals surface area contributed by atoms with Gasteiger partial charge >= 0.3 is 11.9 Å². The molecular formula is C19H28O4. The van der Waals surface area contributed by atoms with Gasteiger partial charge < -0.3 is 9.47 Å². The molecule has 0 aliphatic heterocycles. The number of hydrogen-bond donors (Lipinski definition) is 0. The number of carbonyl (C=O) groups excluding carboxylic acids is 2. The van der Waals surface area contributed by atoms with Crippen LogP contribution in [0.4, 0.5) is 0 Å². The summed E-state index contributed by atoms with van der Waals surface area (Å²) in [5.74, 6) is -0.559. The van der Waals surface area contributed by atoms with E-state index < -0.39 is 18.0 Å². The van der Waals surface area contributed by atoms with E-state index in [9.17, 15) is 9.59 Å². The summed E-state index contributed by atoms with van der Waals surface area (Å²) in [4.78, 5) is 24.5. The van der Waals surface area contributed by atoms with Gasteiger partial charge in [0.05, 0.1) is 18.1 Å². The van der Waals surface area contributed by atoms with E-state index in [0.717, 1.165) is 0 Å². The molecule has 0 saturated heterocycles. The van der Waals surface area contributed by atoms with Gasteiger partial charge in [-0.2, -0.15) is 0 Å². The Balaban J connectivity index is 2.73. The minimum absolute atomic E-state index is 0.279. The summed E-state index contributed by atoms with van der Waals surface area (Å²) in [6, 6.07) is 8.80. The van der Waals surface area contributed by atoms with Gasteiger partial charge in [0.15, 0.2) is 0 Å². The minimum Gasteiger partial charge on any atom is -0.465 e. The molecule has 0 saturated carbocycles. The highest BCUT2D eigenvalue weighted by Crippen LogP contribution is 2.21. The summed E-state index contributed by atoms with van der Waals surface area (Å²) in [5, 5.41) is 0. The van der Waals surface area contributed by atoms with Crippen LogP contribution >= 0.6 is 0 Å². The largest absolute Gasteiger partial charge is 0.465 e. The highest BCUT2D eigenvalue weighted by Gasteiger charge is 2.30. The Labute approximate surface area is 139 Å². The summed E-state index contributed by atoms with van der Waals surface area (Å²) in [6.07, 6.45) is 0.102. The topological polar surface area (TPSA) is 52.6 Å². The van der Waals surface area contributed by atoms with Gasteiger partial charge in [0.2, 0.25) is 0 Å². The maximum atomic E-state index is 12.3. The van der Waals surface area contributed by atoms with Crippen molar-refractivity contribution in [2.75, 3.05) is 6.61 Å². The number of carbonyl (C=O) groups is 2. The van der Waals surface area contributed by atoms with Crippen molar-refractivity contribution in [3.63, 3.8) is 0 Å². The maximum Gasteiger partial charge on any atom is 0.338 e. The third-order valence-corrected chi connectivity index (χ3v) is 3.46. The summed E-state index contributed by atoms with van der Waals surface area (Å²) in [7, 11) is 0. The van der Waals surface area contributed by atoms with E-state index in [-0.39, 0.29) is 11.9 Å². The fourth-order valence-corrected chi connectivity index (χ4v) is 2.24. The van der Waals surface area contributed by atoms with Gasteiger partial charge in [-0.3, -0.25) is 4.79 Å². The van der Waals surface area contributed by atoms with Gasteiger partial charge in [-0.15, -0.1) is 0 Å². The number of rotatable bonds is 8. The molecule has 0 aliphatic rings.